The van der Waals surface area contributed by atoms with Gasteiger partial charge in [0.2, 0.25) is 5.91 Å². The first-order valence-corrected chi connectivity index (χ1v) is 9.94. The third-order valence-electron chi connectivity index (χ3n) is 4.38. The molecule has 1 aromatic carbocycles. The third-order valence-corrected chi connectivity index (χ3v) is 5.19. The maximum absolute atomic E-state index is 12.1. The summed E-state index contributed by atoms with van der Waals surface area (Å²) in [6, 6.07) is 9.25. The van der Waals surface area contributed by atoms with E-state index in [9.17, 15) is 9.59 Å². The second kappa shape index (κ2) is 9.33. The van der Waals surface area contributed by atoms with Gasteiger partial charge in [-0.25, -0.2) is 9.78 Å². The van der Waals surface area contributed by atoms with E-state index in [1.165, 1.54) is 30.6 Å². The first-order valence-electron chi connectivity index (χ1n) is 9.06. The molecule has 7 heteroatoms. The minimum atomic E-state index is -0.327. The Morgan fingerprint density at radius 1 is 1.08 bits per heavy atom. The number of aryl methyl sites for hydroxylation is 1. The Labute approximate surface area is 157 Å². The standard InChI is InChI=1S/C19H24N4O2S/c24-17(20-14-7-3-1-4-8-14)12-11-16-13-26-19(22-16)23-18(25)21-15-9-5-2-6-10-15/h2,5-6,9-10,13-14H,1,3-4,7-8,11-12H2,(H,20,24)(H2,21,22,23,25). The molecule has 3 rings (SSSR count). The van der Waals surface area contributed by atoms with Gasteiger partial charge in [-0.3, -0.25) is 10.1 Å². The summed E-state index contributed by atoms with van der Waals surface area (Å²) in [5, 5.41) is 11.0. The summed E-state index contributed by atoms with van der Waals surface area (Å²) < 4.78 is 0. The zero-order valence-corrected chi connectivity index (χ0v) is 15.5. The largest absolute Gasteiger partial charge is 0.353 e. The number of anilines is 2. The van der Waals surface area contributed by atoms with Gasteiger partial charge >= 0.3 is 6.03 Å². The Bertz CT molecular complexity index is 726. The molecule has 1 aromatic heterocycles. The molecule has 0 atom stereocenters. The molecule has 0 aliphatic heterocycles. The molecule has 0 spiro atoms. The van der Waals surface area contributed by atoms with Gasteiger partial charge in [-0.2, -0.15) is 0 Å². The lowest BCUT2D eigenvalue weighted by Crippen LogP contribution is -2.36. The zero-order chi connectivity index (χ0) is 18.2. The monoisotopic (exact) mass is 372 g/mol. The number of amides is 3. The smallest absolute Gasteiger partial charge is 0.325 e. The summed E-state index contributed by atoms with van der Waals surface area (Å²) >= 11 is 1.36. The molecule has 6 nitrogen and oxygen atoms in total. The SMILES string of the molecule is O=C(CCc1csc(NC(=O)Nc2ccccc2)n1)NC1CCCCC1. The summed E-state index contributed by atoms with van der Waals surface area (Å²) in [6.07, 6.45) is 6.88. The van der Waals surface area contributed by atoms with Gasteiger partial charge in [0.1, 0.15) is 0 Å². The van der Waals surface area contributed by atoms with Crippen LogP contribution in [0.15, 0.2) is 35.7 Å². The van der Waals surface area contributed by atoms with Gasteiger partial charge < -0.3 is 10.6 Å². The van der Waals surface area contributed by atoms with Crippen molar-refractivity contribution in [2.45, 2.75) is 51.0 Å². The Hall–Kier alpha value is -2.41. The second-order valence-electron chi connectivity index (χ2n) is 6.49. The average molecular weight is 372 g/mol. The summed E-state index contributed by atoms with van der Waals surface area (Å²) in [5.74, 6) is 0.0845. The van der Waals surface area contributed by atoms with E-state index >= 15 is 0 Å². The molecule has 2 aromatic rings. The fourth-order valence-electron chi connectivity index (χ4n) is 3.05. The van der Waals surface area contributed by atoms with Crippen molar-refractivity contribution in [1.82, 2.24) is 10.3 Å². The maximum Gasteiger partial charge on any atom is 0.325 e. The number of carbonyl (C=O) groups is 2. The summed E-state index contributed by atoms with van der Waals surface area (Å²) in [6.45, 7) is 0. The van der Waals surface area contributed by atoms with Gasteiger partial charge in [0.15, 0.2) is 5.13 Å². The highest BCUT2D eigenvalue weighted by Crippen LogP contribution is 2.19. The molecule has 0 radical (unpaired) electrons. The highest BCUT2D eigenvalue weighted by atomic mass is 32.1. The zero-order valence-electron chi connectivity index (χ0n) is 14.7. The lowest BCUT2D eigenvalue weighted by atomic mass is 9.95. The number of thiazole rings is 1. The van der Waals surface area contributed by atoms with Crippen LogP contribution in [-0.4, -0.2) is 23.0 Å². The number of nitrogens with one attached hydrogen (secondary N) is 3. The van der Waals surface area contributed by atoms with Crippen LogP contribution in [0.2, 0.25) is 0 Å². The Kier molecular flexibility index (Phi) is 6.60. The molecule has 0 bridgehead atoms. The molecule has 3 amide bonds. The summed E-state index contributed by atoms with van der Waals surface area (Å²) in [5.41, 5.74) is 1.55. The van der Waals surface area contributed by atoms with Gasteiger partial charge in [-0.15, -0.1) is 11.3 Å². The first kappa shape index (κ1) is 18.4. The van der Waals surface area contributed by atoms with Crippen molar-refractivity contribution in [3.05, 3.63) is 41.4 Å². The predicted molar refractivity (Wildman–Crippen MR) is 105 cm³/mol. The van der Waals surface area contributed by atoms with Crippen molar-refractivity contribution < 1.29 is 9.59 Å². The van der Waals surface area contributed by atoms with Crippen molar-refractivity contribution >= 4 is 34.1 Å². The van der Waals surface area contributed by atoms with E-state index < -0.39 is 0 Å². The molecule has 1 heterocycles. The first-order chi connectivity index (χ1) is 12.7. The van der Waals surface area contributed by atoms with E-state index in [-0.39, 0.29) is 11.9 Å². The van der Waals surface area contributed by atoms with Crippen LogP contribution in [0.25, 0.3) is 0 Å². The number of hydrogen-bond acceptors (Lipinski definition) is 4. The molecule has 3 N–H and O–H groups in total. The molecular weight excluding hydrogens is 348 g/mol. The molecule has 1 aliphatic rings. The summed E-state index contributed by atoms with van der Waals surface area (Å²) in [4.78, 5) is 28.4. The number of para-hydroxylation sites is 1. The normalized spacial score (nSPS) is 14.6. The number of benzene rings is 1. The molecule has 0 unspecified atom stereocenters. The average Bonchev–Trinajstić information content (AvgIpc) is 3.09. The Morgan fingerprint density at radius 2 is 1.85 bits per heavy atom. The quantitative estimate of drug-likeness (QED) is 0.712. The van der Waals surface area contributed by atoms with Crippen LogP contribution in [0.3, 0.4) is 0 Å². The molecule has 1 fully saturated rings. The number of aromatic nitrogens is 1. The van der Waals surface area contributed by atoms with Crippen molar-refractivity contribution in [3.63, 3.8) is 0 Å². The van der Waals surface area contributed by atoms with Crippen molar-refractivity contribution in [1.29, 1.82) is 0 Å². The van der Waals surface area contributed by atoms with Gasteiger partial charge in [-0.05, 0) is 31.4 Å². The minimum absolute atomic E-state index is 0.0845. The predicted octanol–water partition coefficient (Wildman–Crippen LogP) is 4.17. The molecule has 26 heavy (non-hydrogen) atoms. The van der Waals surface area contributed by atoms with E-state index in [1.54, 1.807) is 0 Å². The van der Waals surface area contributed by atoms with Crippen LogP contribution in [0.5, 0.6) is 0 Å². The summed E-state index contributed by atoms with van der Waals surface area (Å²) in [7, 11) is 0. The van der Waals surface area contributed by atoms with Crippen LogP contribution in [0, 0.1) is 0 Å². The molecule has 138 valence electrons. The number of rotatable bonds is 6. The number of urea groups is 1. The van der Waals surface area contributed by atoms with E-state index in [0.29, 0.717) is 24.0 Å². The van der Waals surface area contributed by atoms with Crippen molar-refractivity contribution in [2.75, 3.05) is 10.6 Å². The van der Waals surface area contributed by atoms with Crippen LogP contribution < -0.4 is 16.0 Å². The fraction of sp³-hybridized carbons (Fsp3) is 0.421. The van der Waals surface area contributed by atoms with Gasteiger partial charge in [-0.1, -0.05) is 37.5 Å². The molecule has 1 saturated carbocycles. The Morgan fingerprint density at radius 3 is 2.62 bits per heavy atom. The topological polar surface area (TPSA) is 83.1 Å². The van der Waals surface area contributed by atoms with Crippen molar-refractivity contribution in [3.8, 4) is 0 Å². The van der Waals surface area contributed by atoms with Crippen molar-refractivity contribution in [2.24, 2.45) is 0 Å². The lowest BCUT2D eigenvalue weighted by Gasteiger charge is -2.22. The molecular formula is C19H24N4O2S. The lowest BCUT2D eigenvalue weighted by molar-refractivity contribution is -0.122. The van der Waals surface area contributed by atoms with Gasteiger partial charge in [0.05, 0.1) is 5.69 Å². The van der Waals surface area contributed by atoms with E-state index in [2.05, 4.69) is 20.9 Å². The molecule has 1 aliphatic carbocycles. The number of nitrogens with zero attached hydrogens (tertiary/aromatic N) is 1. The highest BCUT2D eigenvalue weighted by molar-refractivity contribution is 7.13. The van der Waals surface area contributed by atoms with Crippen LogP contribution >= 0.6 is 11.3 Å². The van der Waals surface area contributed by atoms with Crippen LogP contribution in [0.1, 0.15) is 44.2 Å². The highest BCUT2D eigenvalue weighted by Gasteiger charge is 2.16. The van der Waals surface area contributed by atoms with Gasteiger partial charge in [0, 0.05) is 23.5 Å². The van der Waals surface area contributed by atoms with E-state index in [0.717, 1.165) is 24.2 Å². The number of carbonyl (C=O) groups excluding carboxylic acids is 2. The fourth-order valence-corrected chi connectivity index (χ4v) is 3.79. The second-order valence-corrected chi connectivity index (χ2v) is 7.35. The Balaban J connectivity index is 1.41. The van der Waals surface area contributed by atoms with E-state index in [4.69, 9.17) is 0 Å². The van der Waals surface area contributed by atoms with E-state index in [1.807, 2.05) is 35.7 Å². The minimum Gasteiger partial charge on any atom is -0.353 e. The van der Waals surface area contributed by atoms with Crippen LogP contribution in [-0.2, 0) is 11.2 Å². The third kappa shape index (κ3) is 5.84. The van der Waals surface area contributed by atoms with Crippen LogP contribution in [0.4, 0.5) is 15.6 Å². The maximum atomic E-state index is 12.1. The number of hydrogen-bond donors (Lipinski definition) is 3. The molecule has 0 saturated heterocycles. The van der Waals surface area contributed by atoms with Gasteiger partial charge in [0.25, 0.3) is 0 Å².